The second-order valence-corrected chi connectivity index (χ2v) is 10.3. The number of amides is 1. The molecule has 1 fully saturated rings. The van der Waals surface area contributed by atoms with Gasteiger partial charge in [0.2, 0.25) is 15.9 Å². The number of halogens is 1. The highest BCUT2D eigenvalue weighted by Crippen LogP contribution is 2.31. The molecule has 2 heterocycles. The molecule has 5 nitrogen and oxygen atoms in total. The van der Waals surface area contributed by atoms with Gasteiger partial charge in [0.05, 0.1) is 4.90 Å². The Hall–Kier alpha value is -2.25. The molecule has 2 atom stereocenters. The number of sulfonamides is 1. The Bertz CT molecular complexity index is 1040. The summed E-state index contributed by atoms with van der Waals surface area (Å²) in [6.45, 7) is 4.72. The van der Waals surface area contributed by atoms with Crippen LogP contribution in [0.1, 0.15) is 42.9 Å². The first kappa shape index (κ1) is 21.0. The van der Waals surface area contributed by atoms with E-state index in [2.05, 4.69) is 0 Å². The van der Waals surface area contributed by atoms with Crippen molar-refractivity contribution in [2.75, 3.05) is 13.1 Å². The Balaban J connectivity index is 1.58. The van der Waals surface area contributed by atoms with Crippen molar-refractivity contribution < 1.29 is 17.6 Å². The molecule has 0 N–H and O–H groups in total. The van der Waals surface area contributed by atoms with Gasteiger partial charge >= 0.3 is 0 Å². The van der Waals surface area contributed by atoms with E-state index < -0.39 is 22.2 Å². The number of alkyl halides is 1. The van der Waals surface area contributed by atoms with Crippen LogP contribution >= 0.6 is 0 Å². The quantitative estimate of drug-likeness (QED) is 0.746. The van der Waals surface area contributed by atoms with Crippen LogP contribution in [0.4, 0.5) is 4.39 Å². The first-order chi connectivity index (χ1) is 14.3. The minimum Gasteiger partial charge on any atom is -0.337 e. The zero-order chi connectivity index (χ0) is 21.5. The maximum atomic E-state index is 14.3. The Kier molecular flexibility index (Phi) is 5.68. The lowest BCUT2D eigenvalue weighted by Gasteiger charge is -2.33. The van der Waals surface area contributed by atoms with Crippen LogP contribution in [0, 0.1) is 0 Å². The number of fused-ring (bicyclic) bond motifs is 1. The second-order valence-electron chi connectivity index (χ2n) is 8.43. The van der Waals surface area contributed by atoms with Gasteiger partial charge in [-0.25, -0.2) is 12.8 Å². The summed E-state index contributed by atoms with van der Waals surface area (Å²) in [6.07, 6.45) is -0.724. The van der Waals surface area contributed by atoms with Crippen molar-refractivity contribution >= 4 is 15.9 Å². The standard InChI is InChI=1S/C23H27FN2O3S/c1-16(2)17-7-9-21(10-8-17)30(28,29)26-15-20(24)13-22(26)23(27)25-12-11-18-5-3-4-6-19(18)14-25/h3-10,16,20,22H,11-15H2,1-2H3/t20-,22-/m0/s1. The van der Waals surface area contributed by atoms with Crippen LogP contribution in [-0.2, 0) is 27.8 Å². The number of carbonyl (C=O) groups is 1. The summed E-state index contributed by atoms with van der Waals surface area (Å²) in [7, 11) is -3.96. The average molecular weight is 431 g/mol. The molecule has 4 rings (SSSR count). The number of benzene rings is 2. The fourth-order valence-electron chi connectivity index (χ4n) is 4.30. The predicted octanol–water partition coefficient (Wildman–Crippen LogP) is 3.50. The molecule has 0 saturated carbocycles. The van der Waals surface area contributed by atoms with Crippen LogP contribution in [-0.4, -0.2) is 48.8 Å². The first-order valence-corrected chi connectivity index (χ1v) is 11.8. The zero-order valence-electron chi connectivity index (χ0n) is 17.3. The molecule has 7 heteroatoms. The van der Waals surface area contributed by atoms with Gasteiger partial charge in [-0.15, -0.1) is 0 Å². The van der Waals surface area contributed by atoms with Crippen molar-refractivity contribution in [1.29, 1.82) is 0 Å². The smallest absolute Gasteiger partial charge is 0.243 e. The van der Waals surface area contributed by atoms with Gasteiger partial charge in [-0.05, 0) is 41.2 Å². The third-order valence-electron chi connectivity index (χ3n) is 6.09. The average Bonchev–Trinajstić information content (AvgIpc) is 3.15. The molecule has 0 aromatic heterocycles. The number of hydrogen-bond acceptors (Lipinski definition) is 3. The lowest BCUT2D eigenvalue weighted by atomic mass is 9.99. The summed E-state index contributed by atoms with van der Waals surface area (Å²) < 4.78 is 41.9. The third-order valence-corrected chi connectivity index (χ3v) is 7.97. The van der Waals surface area contributed by atoms with Crippen LogP contribution in [0.2, 0.25) is 0 Å². The van der Waals surface area contributed by atoms with Gasteiger partial charge in [0.25, 0.3) is 0 Å². The lowest BCUT2D eigenvalue weighted by molar-refractivity contribution is -0.135. The topological polar surface area (TPSA) is 57.7 Å². The molecule has 0 spiro atoms. The van der Waals surface area contributed by atoms with E-state index in [1.54, 1.807) is 29.2 Å². The van der Waals surface area contributed by atoms with E-state index in [4.69, 9.17) is 0 Å². The Morgan fingerprint density at radius 1 is 1.07 bits per heavy atom. The molecule has 0 radical (unpaired) electrons. The maximum Gasteiger partial charge on any atom is 0.243 e. The highest BCUT2D eigenvalue weighted by molar-refractivity contribution is 7.89. The van der Waals surface area contributed by atoms with Crippen molar-refractivity contribution in [1.82, 2.24) is 9.21 Å². The fraction of sp³-hybridized carbons (Fsp3) is 0.435. The summed E-state index contributed by atoms with van der Waals surface area (Å²) in [5.41, 5.74) is 3.29. The molecule has 2 aliphatic heterocycles. The summed E-state index contributed by atoms with van der Waals surface area (Å²) in [6, 6.07) is 13.6. The van der Waals surface area contributed by atoms with Crippen molar-refractivity contribution in [2.24, 2.45) is 0 Å². The Labute approximate surface area is 177 Å². The van der Waals surface area contributed by atoms with Gasteiger partial charge in [-0.2, -0.15) is 4.31 Å². The van der Waals surface area contributed by atoms with Gasteiger partial charge in [0.1, 0.15) is 12.2 Å². The second kappa shape index (κ2) is 8.12. The first-order valence-electron chi connectivity index (χ1n) is 10.4. The summed E-state index contributed by atoms with van der Waals surface area (Å²) in [4.78, 5) is 15.0. The predicted molar refractivity (Wildman–Crippen MR) is 113 cm³/mol. The summed E-state index contributed by atoms with van der Waals surface area (Å²) in [5.74, 6) is -0.0351. The minimum absolute atomic E-state index is 0.0969. The van der Waals surface area contributed by atoms with Crippen LogP contribution in [0.15, 0.2) is 53.4 Å². The molecule has 2 aliphatic rings. The summed E-state index contributed by atoms with van der Waals surface area (Å²) in [5, 5.41) is 0. The van der Waals surface area contributed by atoms with Crippen LogP contribution in [0.25, 0.3) is 0 Å². The van der Waals surface area contributed by atoms with Crippen molar-refractivity contribution in [3.8, 4) is 0 Å². The number of hydrogen-bond donors (Lipinski definition) is 0. The maximum absolute atomic E-state index is 14.3. The third kappa shape index (κ3) is 3.88. The van der Waals surface area contributed by atoms with E-state index in [-0.39, 0.29) is 29.7 Å². The van der Waals surface area contributed by atoms with Gasteiger partial charge in [0.15, 0.2) is 0 Å². The Morgan fingerprint density at radius 3 is 2.40 bits per heavy atom. The molecule has 1 saturated heterocycles. The molecule has 2 aromatic rings. The highest BCUT2D eigenvalue weighted by atomic mass is 32.2. The van der Waals surface area contributed by atoms with Crippen LogP contribution < -0.4 is 0 Å². The minimum atomic E-state index is -3.96. The number of carbonyl (C=O) groups excluding carboxylic acids is 1. The molecule has 0 bridgehead atoms. The number of rotatable bonds is 4. The van der Waals surface area contributed by atoms with E-state index >= 15 is 0 Å². The van der Waals surface area contributed by atoms with Crippen LogP contribution in [0.5, 0.6) is 0 Å². The lowest BCUT2D eigenvalue weighted by Crippen LogP contribution is -2.49. The molecule has 160 valence electrons. The fourth-order valence-corrected chi connectivity index (χ4v) is 5.92. The van der Waals surface area contributed by atoms with E-state index in [0.717, 1.165) is 21.9 Å². The van der Waals surface area contributed by atoms with E-state index in [9.17, 15) is 17.6 Å². The number of nitrogens with zero attached hydrogens (tertiary/aromatic N) is 2. The molecule has 2 aromatic carbocycles. The van der Waals surface area contributed by atoms with Crippen molar-refractivity contribution in [3.63, 3.8) is 0 Å². The monoisotopic (exact) mass is 430 g/mol. The van der Waals surface area contributed by atoms with E-state index in [0.29, 0.717) is 13.1 Å². The van der Waals surface area contributed by atoms with E-state index in [1.165, 1.54) is 5.56 Å². The van der Waals surface area contributed by atoms with Crippen molar-refractivity contribution in [3.05, 3.63) is 65.2 Å². The molecule has 1 amide bonds. The molecule has 30 heavy (non-hydrogen) atoms. The van der Waals surface area contributed by atoms with Gasteiger partial charge in [-0.3, -0.25) is 4.79 Å². The molecule has 0 unspecified atom stereocenters. The normalized spacial score (nSPS) is 22.3. The summed E-state index contributed by atoms with van der Waals surface area (Å²) >= 11 is 0. The van der Waals surface area contributed by atoms with Gasteiger partial charge in [-0.1, -0.05) is 50.2 Å². The Morgan fingerprint density at radius 2 is 1.73 bits per heavy atom. The molecular formula is C23H27FN2O3S. The molecular weight excluding hydrogens is 403 g/mol. The SMILES string of the molecule is CC(C)c1ccc(S(=O)(=O)N2C[C@@H](F)C[C@H]2C(=O)N2CCc3ccccc3C2)cc1. The highest BCUT2D eigenvalue weighted by Gasteiger charge is 2.45. The van der Waals surface area contributed by atoms with E-state index in [1.807, 2.05) is 38.1 Å². The zero-order valence-corrected chi connectivity index (χ0v) is 18.1. The van der Waals surface area contributed by atoms with Gasteiger partial charge < -0.3 is 4.90 Å². The van der Waals surface area contributed by atoms with Gasteiger partial charge in [0, 0.05) is 26.1 Å². The molecule has 0 aliphatic carbocycles. The van der Waals surface area contributed by atoms with Crippen LogP contribution in [0.3, 0.4) is 0 Å². The largest absolute Gasteiger partial charge is 0.337 e. The van der Waals surface area contributed by atoms with Crippen molar-refractivity contribution in [2.45, 2.75) is 56.3 Å².